The molecule has 0 aromatic carbocycles. The Bertz CT molecular complexity index is 350. The fourth-order valence-electron chi connectivity index (χ4n) is 1.01. The summed E-state index contributed by atoms with van der Waals surface area (Å²) < 4.78 is 19.6. The van der Waals surface area contributed by atoms with Crippen LogP contribution in [0.25, 0.3) is 0 Å². The minimum Gasteiger partial charge on any atom is -0.396 e. The van der Waals surface area contributed by atoms with E-state index < -0.39 is 5.82 Å². The van der Waals surface area contributed by atoms with E-state index in [1.807, 2.05) is 6.92 Å². The second-order valence-electron chi connectivity index (χ2n) is 2.95. The molecule has 2 heterocycles. The van der Waals surface area contributed by atoms with Gasteiger partial charge in [0, 0.05) is 0 Å². The van der Waals surface area contributed by atoms with Crippen molar-refractivity contribution in [3.63, 3.8) is 0 Å². The van der Waals surface area contributed by atoms with Crippen molar-refractivity contribution in [3.05, 3.63) is 22.1 Å². The molecule has 1 saturated heterocycles. The van der Waals surface area contributed by atoms with Crippen LogP contribution < -0.4 is 5.82 Å². The van der Waals surface area contributed by atoms with Crippen LogP contribution in [-0.2, 0) is 16.1 Å². The normalized spacial score (nSPS) is 26.3. The van der Waals surface area contributed by atoms with Crippen LogP contribution in [0.2, 0.25) is 0 Å². The molecule has 0 saturated carbocycles. The van der Waals surface area contributed by atoms with Gasteiger partial charge in [0.1, 0.15) is 18.5 Å². The van der Waals surface area contributed by atoms with Gasteiger partial charge in [0.2, 0.25) is 0 Å². The van der Waals surface area contributed by atoms with Gasteiger partial charge in [-0.25, -0.2) is 4.79 Å². The Balaban J connectivity index is 1.94. The van der Waals surface area contributed by atoms with E-state index in [0.29, 0.717) is 11.5 Å². The zero-order valence-corrected chi connectivity index (χ0v) is 7.40. The maximum absolute atomic E-state index is 10.6. The Kier molecular flexibility index (Phi) is 1.97. The summed E-state index contributed by atoms with van der Waals surface area (Å²) in [5.74, 6) is 0.187. The quantitative estimate of drug-likeness (QED) is 0.653. The molecule has 72 valence electrons. The predicted molar refractivity (Wildman–Crippen MR) is 41.1 cm³/mol. The van der Waals surface area contributed by atoms with Crippen LogP contribution in [0.5, 0.6) is 0 Å². The summed E-state index contributed by atoms with van der Waals surface area (Å²) in [7, 11) is 0. The van der Waals surface area contributed by atoms with Gasteiger partial charge in [0.05, 0.1) is 0 Å². The van der Waals surface area contributed by atoms with Crippen molar-refractivity contribution in [2.45, 2.75) is 32.8 Å². The van der Waals surface area contributed by atoms with E-state index in [1.54, 1.807) is 6.92 Å². The first-order chi connectivity index (χ1) is 6.16. The highest BCUT2D eigenvalue weighted by molar-refractivity contribution is 4.98. The highest BCUT2D eigenvalue weighted by Gasteiger charge is 2.35. The molecule has 0 amide bonds. The first-order valence-electron chi connectivity index (χ1n) is 4.03. The number of hydrogen-bond acceptors (Lipinski definition) is 5. The van der Waals surface area contributed by atoms with Crippen LogP contribution in [0.3, 0.4) is 0 Å². The molecule has 1 aromatic heterocycles. The van der Waals surface area contributed by atoms with E-state index >= 15 is 0 Å². The molecule has 2 atom stereocenters. The Morgan fingerprint density at radius 2 is 2.15 bits per heavy atom. The Morgan fingerprint density at radius 1 is 1.46 bits per heavy atom. The van der Waals surface area contributed by atoms with E-state index in [1.165, 1.54) is 0 Å². The molecule has 1 aliphatic heterocycles. The summed E-state index contributed by atoms with van der Waals surface area (Å²) in [6, 6.07) is 0. The van der Waals surface area contributed by atoms with Crippen molar-refractivity contribution >= 4 is 0 Å². The second-order valence-corrected chi connectivity index (χ2v) is 2.95. The van der Waals surface area contributed by atoms with E-state index in [9.17, 15) is 4.79 Å². The summed E-state index contributed by atoms with van der Waals surface area (Å²) in [5, 5.41) is 0. The van der Waals surface area contributed by atoms with E-state index in [2.05, 4.69) is 4.42 Å². The third kappa shape index (κ3) is 1.81. The van der Waals surface area contributed by atoms with Gasteiger partial charge in [-0.3, -0.25) is 0 Å². The molecule has 0 bridgehead atoms. The Labute approximate surface area is 74.2 Å². The summed E-state index contributed by atoms with van der Waals surface area (Å²) in [5.41, 5.74) is 0. The molecule has 13 heavy (non-hydrogen) atoms. The van der Waals surface area contributed by atoms with Crippen molar-refractivity contribution in [2.24, 2.45) is 0 Å². The summed E-state index contributed by atoms with van der Waals surface area (Å²) in [6.45, 7) is 3.77. The van der Waals surface area contributed by atoms with Gasteiger partial charge < -0.3 is 18.3 Å². The number of aryl methyl sites for hydroxylation is 1. The van der Waals surface area contributed by atoms with Gasteiger partial charge in [-0.1, -0.05) is 0 Å². The molecule has 1 aliphatic rings. The highest BCUT2D eigenvalue weighted by atomic mass is 16.8. The van der Waals surface area contributed by atoms with Crippen LogP contribution in [0, 0.1) is 6.92 Å². The van der Waals surface area contributed by atoms with Crippen LogP contribution in [0.1, 0.15) is 18.4 Å². The van der Waals surface area contributed by atoms with Crippen molar-refractivity contribution in [1.29, 1.82) is 0 Å². The lowest BCUT2D eigenvalue weighted by atomic mass is 10.4. The first kappa shape index (κ1) is 8.52. The summed E-state index contributed by atoms with van der Waals surface area (Å²) >= 11 is 0. The molecule has 0 spiro atoms. The third-order valence-electron chi connectivity index (χ3n) is 1.87. The van der Waals surface area contributed by atoms with Gasteiger partial charge >= 0.3 is 5.82 Å². The van der Waals surface area contributed by atoms with Gasteiger partial charge in [-0.05, 0) is 13.8 Å². The van der Waals surface area contributed by atoms with E-state index in [-0.39, 0.29) is 19.0 Å². The molecule has 0 aliphatic carbocycles. The lowest BCUT2D eigenvalue weighted by Gasteiger charge is -1.95. The number of epoxide rings is 1. The van der Waals surface area contributed by atoms with Crippen LogP contribution in [0.4, 0.5) is 0 Å². The minimum atomic E-state index is -0.694. The summed E-state index contributed by atoms with van der Waals surface area (Å²) in [6.07, 6.45) is -0.0291. The minimum absolute atomic E-state index is 0.138. The standard InChI is InChI=1S/C8H10O5/c1-4-6(13-8(9)12-4)3-10-7-5(2)11-7/h5,7H,3H2,1-2H3. The van der Waals surface area contributed by atoms with Crippen molar-refractivity contribution in [1.82, 2.24) is 0 Å². The fourth-order valence-corrected chi connectivity index (χ4v) is 1.01. The lowest BCUT2D eigenvalue weighted by molar-refractivity contribution is 0.0287. The van der Waals surface area contributed by atoms with Gasteiger partial charge in [-0.2, -0.15) is 0 Å². The van der Waals surface area contributed by atoms with Crippen molar-refractivity contribution in [3.8, 4) is 0 Å². The first-order valence-corrected chi connectivity index (χ1v) is 4.03. The van der Waals surface area contributed by atoms with Gasteiger partial charge in [0.15, 0.2) is 12.1 Å². The van der Waals surface area contributed by atoms with Gasteiger partial charge in [0.25, 0.3) is 0 Å². The monoisotopic (exact) mass is 186 g/mol. The largest absolute Gasteiger partial charge is 0.519 e. The molecule has 0 radical (unpaired) electrons. The molecule has 0 N–H and O–H groups in total. The van der Waals surface area contributed by atoms with Crippen molar-refractivity contribution < 1.29 is 18.3 Å². The molecular weight excluding hydrogens is 176 g/mol. The molecule has 2 unspecified atom stereocenters. The van der Waals surface area contributed by atoms with Crippen LogP contribution >= 0.6 is 0 Å². The molecule has 1 aromatic rings. The van der Waals surface area contributed by atoms with Crippen LogP contribution in [-0.4, -0.2) is 12.4 Å². The number of hydrogen-bond donors (Lipinski definition) is 0. The topological polar surface area (TPSA) is 65.1 Å². The molecule has 5 heteroatoms. The lowest BCUT2D eigenvalue weighted by Crippen LogP contribution is -1.98. The van der Waals surface area contributed by atoms with Crippen LogP contribution in [0.15, 0.2) is 13.6 Å². The SMILES string of the molecule is Cc1oc(=O)oc1COC1OC1C. The van der Waals surface area contributed by atoms with Crippen molar-refractivity contribution in [2.75, 3.05) is 0 Å². The zero-order valence-electron chi connectivity index (χ0n) is 7.40. The molecule has 1 fully saturated rings. The Morgan fingerprint density at radius 3 is 2.62 bits per heavy atom. The molecule has 5 nitrogen and oxygen atoms in total. The van der Waals surface area contributed by atoms with Gasteiger partial charge in [-0.15, -0.1) is 0 Å². The number of rotatable bonds is 3. The third-order valence-corrected chi connectivity index (χ3v) is 1.87. The van der Waals surface area contributed by atoms with E-state index in [0.717, 1.165) is 0 Å². The highest BCUT2D eigenvalue weighted by Crippen LogP contribution is 2.23. The molecular formula is C8H10O5. The smallest absolute Gasteiger partial charge is 0.396 e. The number of ether oxygens (including phenoxy) is 2. The Hall–Kier alpha value is -1.07. The second kappa shape index (κ2) is 3.01. The van der Waals surface area contributed by atoms with E-state index in [4.69, 9.17) is 13.9 Å². The average Bonchev–Trinajstić information content (AvgIpc) is 2.65. The average molecular weight is 186 g/mol. The maximum Gasteiger partial charge on any atom is 0.519 e. The predicted octanol–water partition coefficient (Wildman–Crippen LogP) is 0.803. The maximum atomic E-state index is 10.6. The fraction of sp³-hybridized carbons (Fsp3) is 0.625. The summed E-state index contributed by atoms with van der Waals surface area (Å²) in [4.78, 5) is 10.6. The molecule has 2 rings (SSSR count). The zero-order chi connectivity index (χ0) is 9.42.